The van der Waals surface area contributed by atoms with E-state index in [2.05, 4.69) is 16.5 Å². The standard InChI is InChI=1S/C15H19N3O3S/c1-3-8-18-12-7-5-4-6-11(12)17-15(18)22-9-13(19)21-10(2)14(16)20/h4-7,10H,3,8-9H2,1-2H3,(H2,16,20)/t10-/m1/s1. The first-order chi connectivity index (χ1) is 10.5. The predicted molar refractivity (Wildman–Crippen MR) is 85.5 cm³/mol. The molecule has 2 N–H and O–H groups in total. The van der Waals surface area contributed by atoms with Gasteiger partial charge in [0, 0.05) is 6.54 Å². The number of fused-ring (bicyclic) bond motifs is 1. The third-order valence-electron chi connectivity index (χ3n) is 3.09. The fourth-order valence-electron chi connectivity index (χ4n) is 2.02. The van der Waals surface area contributed by atoms with Crippen LogP contribution in [0.3, 0.4) is 0 Å². The summed E-state index contributed by atoms with van der Waals surface area (Å²) in [5.41, 5.74) is 7.01. The summed E-state index contributed by atoms with van der Waals surface area (Å²) in [5, 5.41) is 0.770. The highest BCUT2D eigenvalue weighted by Gasteiger charge is 2.17. The minimum atomic E-state index is -0.914. The molecule has 1 atom stereocenters. The van der Waals surface area contributed by atoms with E-state index in [4.69, 9.17) is 10.5 Å². The van der Waals surface area contributed by atoms with Gasteiger partial charge in [0.15, 0.2) is 11.3 Å². The summed E-state index contributed by atoms with van der Waals surface area (Å²) < 4.78 is 7.02. The van der Waals surface area contributed by atoms with Gasteiger partial charge in [-0.1, -0.05) is 30.8 Å². The molecule has 1 aromatic heterocycles. The van der Waals surface area contributed by atoms with Crippen molar-refractivity contribution in [2.24, 2.45) is 5.73 Å². The van der Waals surface area contributed by atoms with Crippen LogP contribution >= 0.6 is 11.8 Å². The van der Waals surface area contributed by atoms with Crippen LogP contribution in [0.2, 0.25) is 0 Å². The first-order valence-corrected chi connectivity index (χ1v) is 8.08. The molecule has 7 heteroatoms. The molecular formula is C15H19N3O3S. The van der Waals surface area contributed by atoms with Crippen molar-refractivity contribution in [1.82, 2.24) is 9.55 Å². The average molecular weight is 321 g/mol. The van der Waals surface area contributed by atoms with Gasteiger partial charge in [0.05, 0.1) is 16.8 Å². The number of aromatic nitrogens is 2. The fourth-order valence-corrected chi connectivity index (χ4v) is 2.84. The number of para-hydroxylation sites is 2. The van der Waals surface area contributed by atoms with Crippen molar-refractivity contribution in [3.63, 3.8) is 0 Å². The molecule has 1 aromatic carbocycles. The van der Waals surface area contributed by atoms with Crippen molar-refractivity contribution in [1.29, 1.82) is 0 Å². The molecule has 0 aliphatic heterocycles. The van der Waals surface area contributed by atoms with Gasteiger partial charge >= 0.3 is 5.97 Å². The van der Waals surface area contributed by atoms with Gasteiger partial charge in [0.1, 0.15) is 0 Å². The van der Waals surface area contributed by atoms with Crippen LogP contribution in [0.5, 0.6) is 0 Å². The summed E-state index contributed by atoms with van der Waals surface area (Å²) in [6, 6.07) is 7.85. The third kappa shape index (κ3) is 3.79. The van der Waals surface area contributed by atoms with Crippen LogP contribution in [0.15, 0.2) is 29.4 Å². The van der Waals surface area contributed by atoms with Crippen molar-refractivity contribution >= 4 is 34.7 Å². The van der Waals surface area contributed by atoms with E-state index < -0.39 is 18.0 Å². The van der Waals surface area contributed by atoms with Crippen LogP contribution in [0.4, 0.5) is 0 Å². The molecule has 0 radical (unpaired) electrons. The molecule has 0 bridgehead atoms. The van der Waals surface area contributed by atoms with E-state index in [-0.39, 0.29) is 5.75 Å². The zero-order valence-corrected chi connectivity index (χ0v) is 13.4. The van der Waals surface area contributed by atoms with Gasteiger partial charge in [0.2, 0.25) is 0 Å². The monoisotopic (exact) mass is 321 g/mol. The van der Waals surface area contributed by atoms with Crippen LogP contribution in [0.25, 0.3) is 11.0 Å². The lowest BCUT2D eigenvalue weighted by atomic mass is 10.3. The maximum atomic E-state index is 11.7. The summed E-state index contributed by atoms with van der Waals surface area (Å²) in [4.78, 5) is 27.2. The Morgan fingerprint density at radius 1 is 1.41 bits per heavy atom. The number of nitrogens with zero attached hydrogens (tertiary/aromatic N) is 2. The molecule has 0 saturated heterocycles. The number of amides is 1. The number of imidazole rings is 1. The number of ether oxygens (including phenoxy) is 1. The molecule has 1 heterocycles. The maximum absolute atomic E-state index is 11.7. The van der Waals surface area contributed by atoms with Crippen LogP contribution < -0.4 is 5.73 Å². The Hall–Kier alpha value is -2.02. The van der Waals surface area contributed by atoms with Crippen LogP contribution in [-0.2, 0) is 20.9 Å². The highest BCUT2D eigenvalue weighted by Crippen LogP contribution is 2.24. The van der Waals surface area contributed by atoms with Gasteiger partial charge in [0.25, 0.3) is 5.91 Å². The summed E-state index contributed by atoms with van der Waals surface area (Å²) >= 11 is 1.30. The molecule has 0 unspecified atom stereocenters. The minimum Gasteiger partial charge on any atom is -0.452 e. The van der Waals surface area contributed by atoms with Crippen molar-refractivity contribution in [3.05, 3.63) is 24.3 Å². The Bertz CT molecular complexity index is 684. The van der Waals surface area contributed by atoms with E-state index in [9.17, 15) is 9.59 Å². The number of hydrogen-bond donors (Lipinski definition) is 1. The van der Waals surface area contributed by atoms with E-state index in [1.165, 1.54) is 18.7 Å². The Kier molecular flexibility index (Phi) is 5.43. The molecule has 1 amide bonds. The predicted octanol–water partition coefficient (Wildman–Crippen LogP) is 1.96. The number of nitrogens with two attached hydrogens (primary N) is 1. The van der Waals surface area contributed by atoms with Crippen LogP contribution in [0.1, 0.15) is 20.3 Å². The largest absolute Gasteiger partial charge is 0.452 e. The third-order valence-corrected chi connectivity index (χ3v) is 4.04. The minimum absolute atomic E-state index is 0.0880. The van der Waals surface area contributed by atoms with Gasteiger partial charge in [-0.15, -0.1) is 0 Å². The van der Waals surface area contributed by atoms with E-state index in [0.29, 0.717) is 0 Å². The molecule has 0 spiro atoms. The van der Waals surface area contributed by atoms with Crippen molar-refractivity contribution in [2.45, 2.75) is 38.1 Å². The average Bonchev–Trinajstić information content (AvgIpc) is 2.83. The highest BCUT2D eigenvalue weighted by atomic mass is 32.2. The molecule has 0 aliphatic rings. The smallest absolute Gasteiger partial charge is 0.317 e. The number of carbonyl (C=O) groups is 2. The fraction of sp³-hybridized carbons (Fsp3) is 0.400. The van der Waals surface area contributed by atoms with Crippen molar-refractivity contribution in [2.75, 3.05) is 5.75 Å². The van der Waals surface area contributed by atoms with Gasteiger partial charge in [-0.2, -0.15) is 0 Å². The van der Waals surface area contributed by atoms with Crippen LogP contribution in [-0.4, -0.2) is 33.3 Å². The van der Waals surface area contributed by atoms with Gasteiger partial charge < -0.3 is 15.0 Å². The van der Waals surface area contributed by atoms with Gasteiger partial charge in [-0.3, -0.25) is 9.59 Å². The molecule has 2 rings (SSSR count). The zero-order valence-electron chi connectivity index (χ0n) is 12.6. The lowest BCUT2D eigenvalue weighted by molar-refractivity contribution is -0.151. The summed E-state index contributed by atoms with van der Waals surface area (Å²) in [6.45, 7) is 4.37. The lowest BCUT2D eigenvalue weighted by Crippen LogP contribution is -2.31. The molecule has 22 heavy (non-hydrogen) atoms. The van der Waals surface area contributed by atoms with E-state index >= 15 is 0 Å². The first kappa shape index (κ1) is 16.4. The first-order valence-electron chi connectivity index (χ1n) is 7.09. The van der Waals surface area contributed by atoms with E-state index in [0.717, 1.165) is 29.2 Å². The second-order valence-electron chi connectivity index (χ2n) is 4.86. The molecular weight excluding hydrogens is 302 g/mol. The maximum Gasteiger partial charge on any atom is 0.317 e. The van der Waals surface area contributed by atoms with Gasteiger partial charge in [-0.25, -0.2) is 4.98 Å². The quantitative estimate of drug-likeness (QED) is 0.622. The number of benzene rings is 1. The Morgan fingerprint density at radius 2 is 2.14 bits per heavy atom. The zero-order chi connectivity index (χ0) is 16.1. The highest BCUT2D eigenvalue weighted by molar-refractivity contribution is 7.99. The topological polar surface area (TPSA) is 87.2 Å². The summed E-state index contributed by atoms with van der Waals surface area (Å²) in [6.07, 6.45) is 0.0550. The number of carbonyl (C=O) groups excluding carboxylic acids is 2. The van der Waals surface area contributed by atoms with Crippen molar-refractivity contribution in [3.8, 4) is 0 Å². The second-order valence-corrected chi connectivity index (χ2v) is 5.80. The number of esters is 1. The molecule has 118 valence electrons. The second kappa shape index (κ2) is 7.31. The Balaban J connectivity index is 2.09. The van der Waals surface area contributed by atoms with E-state index in [1.807, 2.05) is 24.3 Å². The molecule has 0 aliphatic carbocycles. The van der Waals surface area contributed by atoms with Crippen LogP contribution in [0, 0.1) is 0 Å². The number of primary amides is 1. The number of hydrogen-bond acceptors (Lipinski definition) is 5. The number of thioether (sulfide) groups is 1. The van der Waals surface area contributed by atoms with E-state index in [1.54, 1.807) is 0 Å². The lowest BCUT2D eigenvalue weighted by Gasteiger charge is -2.10. The Labute approximate surface area is 133 Å². The normalized spacial score (nSPS) is 12.3. The molecule has 2 aromatic rings. The Morgan fingerprint density at radius 3 is 2.82 bits per heavy atom. The molecule has 0 saturated carbocycles. The summed E-state index contributed by atoms with van der Waals surface area (Å²) in [5.74, 6) is -1.05. The summed E-state index contributed by atoms with van der Waals surface area (Å²) in [7, 11) is 0. The van der Waals surface area contributed by atoms with Crippen molar-refractivity contribution < 1.29 is 14.3 Å². The number of rotatable bonds is 7. The molecule has 0 fully saturated rings. The number of aryl methyl sites for hydroxylation is 1. The SMILES string of the molecule is CCCn1c(SCC(=O)O[C@H](C)C(N)=O)nc2ccccc21. The molecule has 6 nitrogen and oxygen atoms in total. The van der Waals surface area contributed by atoms with Gasteiger partial charge in [-0.05, 0) is 25.5 Å².